The van der Waals surface area contributed by atoms with Crippen molar-refractivity contribution < 1.29 is 27.9 Å². The third-order valence-corrected chi connectivity index (χ3v) is 9.59. The minimum Gasteiger partial charge on any atom is -0.497 e. The highest BCUT2D eigenvalue weighted by Crippen LogP contribution is 2.23. The lowest BCUT2D eigenvalue weighted by molar-refractivity contribution is -0.133. The Morgan fingerprint density at radius 3 is 2.14 bits per heavy atom. The number of aliphatic hydroxyl groups excluding tert-OH is 1. The molecule has 3 N–H and O–H groups in total. The van der Waals surface area contributed by atoms with E-state index in [1.54, 1.807) is 12.1 Å². The van der Waals surface area contributed by atoms with Gasteiger partial charge in [0.25, 0.3) is 0 Å². The van der Waals surface area contributed by atoms with Crippen LogP contribution in [0.3, 0.4) is 0 Å². The molecule has 0 spiro atoms. The fraction of sp³-hybridized carbons (Fsp3) is 0.576. The molecule has 1 fully saturated rings. The summed E-state index contributed by atoms with van der Waals surface area (Å²) in [5.41, 5.74) is 0.254. The van der Waals surface area contributed by atoms with E-state index in [1.807, 2.05) is 65.0 Å². The Balaban J connectivity index is 1.86. The first-order valence-electron chi connectivity index (χ1n) is 15.4. The molecule has 1 aliphatic rings. The molecule has 3 rings (SSSR count). The van der Waals surface area contributed by atoms with Crippen molar-refractivity contribution in [2.45, 2.75) is 77.0 Å². The number of hydrogen-bond donors (Lipinski definition) is 3. The van der Waals surface area contributed by atoms with E-state index < -0.39 is 39.5 Å². The Morgan fingerprint density at radius 2 is 1.59 bits per heavy atom. The van der Waals surface area contributed by atoms with Gasteiger partial charge in [-0.3, -0.25) is 14.5 Å². The number of carbonyl (C=O) groups is 2. The average Bonchev–Trinajstić information content (AvgIpc) is 3.47. The van der Waals surface area contributed by atoms with E-state index in [0.717, 1.165) is 31.5 Å². The van der Waals surface area contributed by atoms with Crippen LogP contribution in [0, 0.1) is 11.3 Å². The van der Waals surface area contributed by atoms with Crippen LogP contribution in [-0.4, -0.2) is 92.6 Å². The number of hydrogen-bond acceptors (Lipinski definition) is 7. The second kappa shape index (κ2) is 15.8. The molecular formula is C33H50N4O6S. The second-order valence-corrected chi connectivity index (χ2v) is 15.1. The van der Waals surface area contributed by atoms with Crippen LogP contribution in [0.4, 0.5) is 0 Å². The normalized spacial score (nSPS) is 16.5. The Labute approximate surface area is 263 Å². The van der Waals surface area contributed by atoms with Crippen molar-refractivity contribution in [3.8, 4) is 5.75 Å². The smallest absolute Gasteiger partial charge is 0.243 e. The maximum absolute atomic E-state index is 13.8. The molecule has 3 unspecified atom stereocenters. The molecule has 44 heavy (non-hydrogen) atoms. The van der Waals surface area contributed by atoms with Gasteiger partial charge < -0.3 is 20.5 Å². The molecule has 0 bridgehead atoms. The number of methoxy groups -OCH3 is 1. The molecule has 2 aromatic carbocycles. The third kappa shape index (κ3) is 10.3. The highest BCUT2D eigenvalue weighted by Gasteiger charge is 2.37. The van der Waals surface area contributed by atoms with Crippen LogP contribution in [0.15, 0.2) is 59.5 Å². The maximum Gasteiger partial charge on any atom is 0.243 e. The van der Waals surface area contributed by atoms with Gasteiger partial charge in [-0.05, 0) is 73.5 Å². The predicted octanol–water partition coefficient (Wildman–Crippen LogP) is 3.06. The molecule has 244 valence electrons. The van der Waals surface area contributed by atoms with Crippen LogP contribution < -0.4 is 15.4 Å². The van der Waals surface area contributed by atoms with Crippen molar-refractivity contribution in [1.82, 2.24) is 19.8 Å². The first-order chi connectivity index (χ1) is 20.7. The molecule has 0 saturated carbocycles. The molecule has 10 nitrogen and oxygen atoms in total. The molecule has 1 aliphatic heterocycles. The number of sulfonamides is 1. The molecule has 2 aromatic rings. The van der Waals surface area contributed by atoms with Gasteiger partial charge in [0, 0.05) is 13.1 Å². The van der Waals surface area contributed by atoms with E-state index in [2.05, 4.69) is 15.5 Å². The summed E-state index contributed by atoms with van der Waals surface area (Å²) in [6.07, 6.45) is 1.13. The van der Waals surface area contributed by atoms with Crippen LogP contribution in [-0.2, 0) is 26.0 Å². The van der Waals surface area contributed by atoms with Gasteiger partial charge in [-0.15, -0.1) is 0 Å². The summed E-state index contributed by atoms with van der Waals surface area (Å²) < 4.78 is 33.9. The summed E-state index contributed by atoms with van der Waals surface area (Å²) in [5.74, 6) is -0.143. The Bertz CT molecular complexity index is 1310. The standard InChI is InChI=1S/C33H50N4O6S/c1-24(2)21-37(44(41,42)27-16-14-26(43-6)15-17-27)22-29(38)28(20-25-12-8-7-9-13-25)34-32(40)31(33(3,4)5)35-30(39)23-36-18-10-11-19-36/h7-9,12-17,24,28-29,31,38H,10-11,18-23H2,1-6H3,(H,34,40)(H,35,39). The van der Waals surface area contributed by atoms with Gasteiger partial charge in [0.05, 0.1) is 30.7 Å². The molecule has 0 aliphatic carbocycles. The summed E-state index contributed by atoms with van der Waals surface area (Å²) in [6, 6.07) is 13.8. The number of carbonyl (C=O) groups excluding carboxylic acids is 2. The van der Waals surface area contributed by atoms with E-state index in [4.69, 9.17) is 4.74 Å². The zero-order chi connectivity index (χ0) is 32.5. The summed E-state index contributed by atoms with van der Waals surface area (Å²) in [7, 11) is -2.47. The van der Waals surface area contributed by atoms with Gasteiger partial charge >= 0.3 is 0 Å². The summed E-state index contributed by atoms with van der Waals surface area (Å²) in [5, 5.41) is 17.5. The largest absolute Gasteiger partial charge is 0.497 e. The minimum absolute atomic E-state index is 0.0199. The van der Waals surface area contributed by atoms with Crippen molar-refractivity contribution in [1.29, 1.82) is 0 Å². The fourth-order valence-corrected chi connectivity index (χ4v) is 6.98. The highest BCUT2D eigenvalue weighted by molar-refractivity contribution is 7.89. The molecule has 0 aromatic heterocycles. The van der Waals surface area contributed by atoms with Crippen molar-refractivity contribution in [3.63, 3.8) is 0 Å². The number of ether oxygens (including phenoxy) is 1. The lowest BCUT2D eigenvalue weighted by atomic mass is 9.85. The summed E-state index contributed by atoms with van der Waals surface area (Å²) in [4.78, 5) is 28.9. The monoisotopic (exact) mass is 630 g/mol. The zero-order valence-electron chi connectivity index (χ0n) is 27.0. The predicted molar refractivity (Wildman–Crippen MR) is 172 cm³/mol. The quantitative estimate of drug-likeness (QED) is 0.276. The number of likely N-dealkylation sites (tertiary alicyclic amines) is 1. The zero-order valence-corrected chi connectivity index (χ0v) is 27.8. The highest BCUT2D eigenvalue weighted by atomic mass is 32.2. The maximum atomic E-state index is 13.8. The number of rotatable bonds is 15. The SMILES string of the molecule is COc1ccc(S(=O)(=O)N(CC(C)C)CC(O)C(Cc2ccccc2)NC(=O)C(NC(=O)CN2CCCC2)C(C)(C)C)cc1. The number of nitrogens with zero attached hydrogens (tertiary/aromatic N) is 2. The van der Waals surface area contributed by atoms with Gasteiger partial charge in [0.15, 0.2) is 0 Å². The van der Waals surface area contributed by atoms with Crippen LogP contribution >= 0.6 is 0 Å². The number of amides is 2. The molecule has 11 heteroatoms. The first-order valence-corrected chi connectivity index (χ1v) is 16.8. The Hall–Kier alpha value is -2.99. The van der Waals surface area contributed by atoms with E-state index >= 15 is 0 Å². The fourth-order valence-electron chi connectivity index (χ4n) is 5.35. The summed E-state index contributed by atoms with van der Waals surface area (Å²) in [6.45, 7) is 11.3. The average molecular weight is 631 g/mol. The van der Waals surface area contributed by atoms with Crippen LogP contribution in [0.1, 0.15) is 53.0 Å². The third-order valence-electron chi connectivity index (χ3n) is 7.75. The van der Waals surface area contributed by atoms with Gasteiger partial charge in [0.2, 0.25) is 21.8 Å². The van der Waals surface area contributed by atoms with E-state index in [0.29, 0.717) is 5.75 Å². The molecular weight excluding hydrogens is 580 g/mol. The number of benzene rings is 2. The van der Waals surface area contributed by atoms with Gasteiger partial charge in [-0.25, -0.2) is 8.42 Å². The minimum atomic E-state index is -3.97. The van der Waals surface area contributed by atoms with Gasteiger partial charge in [0.1, 0.15) is 11.8 Å². The Kier molecular flexibility index (Phi) is 12.8. The second-order valence-electron chi connectivity index (χ2n) is 13.1. The van der Waals surface area contributed by atoms with Crippen molar-refractivity contribution in [2.24, 2.45) is 11.3 Å². The van der Waals surface area contributed by atoms with E-state index in [-0.39, 0.29) is 42.8 Å². The molecule has 0 radical (unpaired) electrons. The summed E-state index contributed by atoms with van der Waals surface area (Å²) >= 11 is 0. The van der Waals surface area contributed by atoms with Crippen molar-refractivity contribution in [2.75, 3.05) is 39.8 Å². The molecule has 1 saturated heterocycles. The van der Waals surface area contributed by atoms with Gasteiger partial charge in [-0.1, -0.05) is 65.0 Å². The number of aliphatic hydroxyl groups is 1. The van der Waals surface area contributed by atoms with Gasteiger partial charge in [-0.2, -0.15) is 4.31 Å². The van der Waals surface area contributed by atoms with Crippen LogP contribution in [0.5, 0.6) is 5.75 Å². The Morgan fingerprint density at radius 1 is 0.977 bits per heavy atom. The van der Waals surface area contributed by atoms with Crippen molar-refractivity contribution in [3.05, 3.63) is 60.2 Å². The van der Waals surface area contributed by atoms with Crippen LogP contribution in [0.2, 0.25) is 0 Å². The molecule has 2 amide bonds. The topological polar surface area (TPSA) is 128 Å². The lowest BCUT2D eigenvalue weighted by Crippen LogP contribution is -2.59. The molecule has 3 atom stereocenters. The van der Waals surface area contributed by atoms with Crippen LogP contribution in [0.25, 0.3) is 0 Å². The van der Waals surface area contributed by atoms with E-state index in [1.165, 1.54) is 23.5 Å². The van der Waals surface area contributed by atoms with Crippen molar-refractivity contribution >= 4 is 21.8 Å². The number of nitrogens with one attached hydrogen (secondary N) is 2. The lowest BCUT2D eigenvalue weighted by Gasteiger charge is -2.35. The molecule has 1 heterocycles. The van der Waals surface area contributed by atoms with E-state index in [9.17, 15) is 23.1 Å². The first kappa shape index (κ1) is 35.5.